The van der Waals surface area contributed by atoms with Gasteiger partial charge in [0.1, 0.15) is 0 Å². The number of nitrogens with zero attached hydrogens (tertiary/aromatic N) is 3. The minimum atomic E-state index is -0.222. The minimum Gasteiger partial charge on any atom is -0.379 e. The molecular weight excluding hydrogens is 318 g/mol. The van der Waals surface area contributed by atoms with Crippen LogP contribution in [0, 0.1) is 5.92 Å². The first-order valence-electron chi connectivity index (χ1n) is 9.32. The third kappa shape index (κ3) is 9.65. The number of morpholine rings is 1. The van der Waals surface area contributed by atoms with E-state index in [4.69, 9.17) is 9.73 Å². The molecule has 1 saturated heterocycles. The van der Waals surface area contributed by atoms with Crippen LogP contribution >= 0.6 is 0 Å². The van der Waals surface area contributed by atoms with Crippen LogP contribution in [0.2, 0.25) is 0 Å². The van der Waals surface area contributed by atoms with Gasteiger partial charge in [-0.25, -0.2) is 0 Å². The molecule has 1 unspecified atom stereocenters. The monoisotopic (exact) mass is 355 g/mol. The first-order chi connectivity index (χ1) is 11.7. The number of guanidine groups is 1. The second-order valence-electron chi connectivity index (χ2n) is 7.87. The second-order valence-corrected chi connectivity index (χ2v) is 7.87. The molecule has 146 valence electrons. The van der Waals surface area contributed by atoms with E-state index in [1.807, 2.05) is 39.6 Å². The highest BCUT2D eigenvalue weighted by molar-refractivity contribution is 5.86. The Hall–Kier alpha value is -1.34. The van der Waals surface area contributed by atoms with Gasteiger partial charge < -0.3 is 20.3 Å². The van der Waals surface area contributed by atoms with E-state index in [1.54, 1.807) is 0 Å². The predicted molar refractivity (Wildman–Crippen MR) is 103 cm³/mol. The summed E-state index contributed by atoms with van der Waals surface area (Å²) in [6.07, 6.45) is 0. The zero-order valence-electron chi connectivity index (χ0n) is 16.9. The molecule has 1 aliphatic rings. The highest BCUT2D eigenvalue weighted by Crippen LogP contribution is 2.04. The van der Waals surface area contributed by atoms with Crippen LogP contribution in [-0.2, 0) is 9.53 Å². The number of rotatable bonds is 7. The molecule has 0 aromatic rings. The average molecular weight is 356 g/mol. The fraction of sp³-hybridized carbons (Fsp3) is 0.889. The lowest BCUT2D eigenvalue weighted by Crippen LogP contribution is -2.49. The van der Waals surface area contributed by atoms with Crippen LogP contribution in [0.5, 0.6) is 0 Å². The van der Waals surface area contributed by atoms with Crippen LogP contribution in [0.1, 0.15) is 34.6 Å². The number of aliphatic imine (C=N–C) groups is 1. The van der Waals surface area contributed by atoms with Crippen LogP contribution < -0.4 is 10.6 Å². The van der Waals surface area contributed by atoms with Crippen LogP contribution in [0.15, 0.2) is 4.99 Å². The minimum absolute atomic E-state index is 0.00182. The van der Waals surface area contributed by atoms with Crippen LogP contribution in [-0.4, -0.2) is 86.7 Å². The second kappa shape index (κ2) is 10.6. The predicted octanol–water partition coefficient (Wildman–Crippen LogP) is 0.767. The van der Waals surface area contributed by atoms with Gasteiger partial charge in [-0.15, -0.1) is 0 Å². The van der Waals surface area contributed by atoms with Crippen molar-refractivity contribution in [3.63, 3.8) is 0 Å². The SMILES string of the molecule is CCNC(=NCC(C)CN1CCOCC1)N(C)CC(=O)NC(C)(C)C. The van der Waals surface area contributed by atoms with Gasteiger partial charge >= 0.3 is 0 Å². The first kappa shape index (κ1) is 21.7. The quantitative estimate of drug-likeness (QED) is 0.521. The van der Waals surface area contributed by atoms with Gasteiger partial charge in [0.25, 0.3) is 0 Å². The molecule has 0 aromatic carbocycles. The fourth-order valence-electron chi connectivity index (χ4n) is 2.74. The van der Waals surface area contributed by atoms with E-state index in [2.05, 4.69) is 22.5 Å². The number of hydrogen-bond acceptors (Lipinski definition) is 4. The van der Waals surface area contributed by atoms with Crippen molar-refractivity contribution in [2.24, 2.45) is 10.9 Å². The fourth-order valence-corrected chi connectivity index (χ4v) is 2.74. The van der Waals surface area contributed by atoms with Crippen molar-refractivity contribution in [3.05, 3.63) is 0 Å². The van der Waals surface area contributed by atoms with Gasteiger partial charge in [-0.1, -0.05) is 6.92 Å². The summed E-state index contributed by atoms with van der Waals surface area (Å²) >= 11 is 0. The van der Waals surface area contributed by atoms with E-state index in [1.165, 1.54) is 0 Å². The van der Waals surface area contributed by atoms with Crippen molar-refractivity contribution in [1.29, 1.82) is 0 Å². The van der Waals surface area contributed by atoms with E-state index in [-0.39, 0.29) is 11.4 Å². The van der Waals surface area contributed by atoms with Crippen molar-refractivity contribution in [3.8, 4) is 0 Å². The van der Waals surface area contributed by atoms with Gasteiger partial charge in [0, 0.05) is 45.3 Å². The third-order valence-corrected chi connectivity index (χ3v) is 3.82. The summed E-state index contributed by atoms with van der Waals surface area (Å²) in [5.41, 5.74) is -0.222. The Bertz CT molecular complexity index is 428. The zero-order chi connectivity index (χ0) is 18.9. The molecule has 1 atom stereocenters. The van der Waals surface area contributed by atoms with Crippen LogP contribution in [0.25, 0.3) is 0 Å². The van der Waals surface area contributed by atoms with Gasteiger partial charge in [-0.3, -0.25) is 14.7 Å². The van der Waals surface area contributed by atoms with Crippen molar-refractivity contribution in [1.82, 2.24) is 20.4 Å². The molecule has 2 N–H and O–H groups in total. The molecule has 0 aromatic heterocycles. The first-order valence-corrected chi connectivity index (χ1v) is 9.32. The molecule has 0 saturated carbocycles. The van der Waals surface area contributed by atoms with Gasteiger partial charge in [-0.2, -0.15) is 0 Å². The summed E-state index contributed by atoms with van der Waals surface area (Å²) in [6.45, 7) is 16.7. The number of likely N-dealkylation sites (N-methyl/N-ethyl adjacent to an activating group) is 1. The summed E-state index contributed by atoms with van der Waals surface area (Å²) in [5, 5.41) is 6.26. The molecule has 25 heavy (non-hydrogen) atoms. The Morgan fingerprint density at radius 3 is 2.52 bits per heavy atom. The maximum absolute atomic E-state index is 12.1. The molecule has 0 radical (unpaired) electrons. The zero-order valence-corrected chi connectivity index (χ0v) is 16.9. The highest BCUT2D eigenvalue weighted by Gasteiger charge is 2.17. The average Bonchev–Trinajstić information content (AvgIpc) is 2.50. The molecule has 1 heterocycles. The Kier molecular flexibility index (Phi) is 9.21. The number of amides is 1. The van der Waals surface area contributed by atoms with E-state index in [9.17, 15) is 4.79 Å². The van der Waals surface area contributed by atoms with Gasteiger partial charge in [0.15, 0.2) is 5.96 Å². The standard InChI is InChI=1S/C18H37N5O2/c1-7-19-17(22(6)14-16(24)21-18(3,4)5)20-12-15(2)13-23-8-10-25-11-9-23/h15H,7-14H2,1-6H3,(H,19,20)(H,21,24). The molecule has 1 rings (SSSR count). The van der Waals surface area contributed by atoms with E-state index >= 15 is 0 Å². The summed E-state index contributed by atoms with van der Waals surface area (Å²) in [7, 11) is 1.90. The lowest BCUT2D eigenvalue weighted by molar-refractivity contribution is -0.122. The molecule has 7 nitrogen and oxygen atoms in total. The largest absolute Gasteiger partial charge is 0.379 e. The van der Waals surface area contributed by atoms with Crippen molar-refractivity contribution < 1.29 is 9.53 Å². The maximum atomic E-state index is 12.1. The van der Waals surface area contributed by atoms with Crippen LogP contribution in [0.3, 0.4) is 0 Å². The van der Waals surface area contributed by atoms with E-state index < -0.39 is 0 Å². The molecule has 0 bridgehead atoms. The smallest absolute Gasteiger partial charge is 0.240 e. The third-order valence-electron chi connectivity index (χ3n) is 3.82. The number of hydrogen-bond donors (Lipinski definition) is 2. The number of carbonyl (C=O) groups excluding carboxylic acids is 1. The number of nitrogens with one attached hydrogen (secondary N) is 2. The molecule has 0 aliphatic carbocycles. The molecule has 1 amide bonds. The lowest BCUT2D eigenvalue weighted by atomic mass is 10.1. The van der Waals surface area contributed by atoms with Crippen molar-refractivity contribution in [2.45, 2.75) is 40.2 Å². The van der Waals surface area contributed by atoms with E-state index in [0.29, 0.717) is 12.5 Å². The van der Waals surface area contributed by atoms with Crippen molar-refractivity contribution >= 4 is 11.9 Å². The Morgan fingerprint density at radius 2 is 1.96 bits per heavy atom. The Morgan fingerprint density at radius 1 is 1.32 bits per heavy atom. The summed E-state index contributed by atoms with van der Waals surface area (Å²) < 4.78 is 5.39. The lowest BCUT2D eigenvalue weighted by Gasteiger charge is -2.29. The summed E-state index contributed by atoms with van der Waals surface area (Å²) in [5.74, 6) is 1.24. The Balaban J connectivity index is 2.51. The highest BCUT2D eigenvalue weighted by atomic mass is 16.5. The Labute approximate surface area is 153 Å². The van der Waals surface area contributed by atoms with Gasteiger partial charge in [0.05, 0.1) is 19.8 Å². The number of ether oxygens (including phenoxy) is 1. The molecule has 7 heteroatoms. The summed E-state index contributed by atoms with van der Waals surface area (Å²) in [4.78, 5) is 21.2. The van der Waals surface area contributed by atoms with Crippen LogP contribution in [0.4, 0.5) is 0 Å². The van der Waals surface area contributed by atoms with Crippen molar-refractivity contribution in [2.75, 3.05) is 59.5 Å². The molecule has 0 spiro atoms. The molecule has 1 fully saturated rings. The number of carbonyl (C=O) groups is 1. The van der Waals surface area contributed by atoms with E-state index in [0.717, 1.165) is 51.9 Å². The normalized spacial score (nSPS) is 17.9. The molecular formula is C18H37N5O2. The molecule has 1 aliphatic heterocycles. The van der Waals surface area contributed by atoms with Gasteiger partial charge in [0.2, 0.25) is 5.91 Å². The topological polar surface area (TPSA) is 69.2 Å². The summed E-state index contributed by atoms with van der Waals surface area (Å²) in [6, 6.07) is 0. The maximum Gasteiger partial charge on any atom is 0.240 e. The van der Waals surface area contributed by atoms with Gasteiger partial charge in [-0.05, 0) is 33.6 Å².